The first-order chi connectivity index (χ1) is 24.1. The molecule has 262 valence electrons. The van der Waals surface area contributed by atoms with Crippen molar-refractivity contribution in [3.05, 3.63) is 122 Å². The molecule has 0 unspecified atom stereocenters. The number of nitrogens with zero attached hydrogens (tertiary/aromatic N) is 3. The minimum atomic E-state index is -0.885. The molecule has 7 rings (SSSR count). The van der Waals surface area contributed by atoms with E-state index in [0.717, 1.165) is 25.9 Å². The van der Waals surface area contributed by atoms with Crippen LogP contribution in [-0.2, 0) is 22.4 Å². The molecule has 3 saturated heterocycles. The lowest BCUT2D eigenvalue weighted by atomic mass is 9.86. The molecule has 50 heavy (non-hydrogen) atoms. The zero-order valence-electron chi connectivity index (χ0n) is 27.5. The van der Waals surface area contributed by atoms with E-state index in [-0.39, 0.29) is 34.7 Å². The zero-order valence-corrected chi connectivity index (χ0v) is 29.0. The van der Waals surface area contributed by atoms with E-state index < -0.39 is 24.0 Å². The Morgan fingerprint density at radius 3 is 2.30 bits per heavy atom. The lowest BCUT2D eigenvalue weighted by Crippen LogP contribution is -2.53. The second-order valence-corrected chi connectivity index (χ2v) is 13.1. The van der Waals surface area contributed by atoms with Crippen LogP contribution < -0.4 is 19.1 Å². The normalized spacial score (nSPS) is 18.6. The molecule has 1 amide bonds. The average Bonchev–Trinajstić information content (AvgIpc) is 3.11. The van der Waals surface area contributed by atoms with Crippen molar-refractivity contribution in [3.8, 4) is 11.5 Å². The van der Waals surface area contributed by atoms with Gasteiger partial charge in [0.2, 0.25) is 0 Å². The first-order valence-electron chi connectivity index (χ1n) is 16.2. The monoisotopic (exact) mass is 723 g/mol. The van der Waals surface area contributed by atoms with Crippen molar-refractivity contribution >= 4 is 41.0 Å². The van der Waals surface area contributed by atoms with Gasteiger partial charge >= 0.3 is 12.1 Å². The molecule has 0 aliphatic carbocycles. The molecule has 3 aliphatic rings. The van der Waals surface area contributed by atoms with Gasteiger partial charge in [0.05, 0.1) is 32.0 Å². The van der Waals surface area contributed by atoms with E-state index in [1.807, 2.05) is 0 Å². The van der Waals surface area contributed by atoms with Crippen LogP contribution in [0.4, 0.5) is 14.9 Å². The van der Waals surface area contributed by atoms with Gasteiger partial charge in [-0.1, -0.05) is 47.5 Å². The van der Waals surface area contributed by atoms with E-state index in [1.54, 1.807) is 54.6 Å². The number of rotatable bonds is 11. The largest absolute Gasteiger partial charge is 0.619 e. The number of hydrogen-bond donors (Lipinski definition) is 0. The summed E-state index contributed by atoms with van der Waals surface area (Å²) >= 11 is 12.8. The van der Waals surface area contributed by atoms with E-state index in [4.69, 9.17) is 42.1 Å². The van der Waals surface area contributed by atoms with Crippen LogP contribution in [0.25, 0.3) is 0 Å². The second kappa shape index (κ2) is 15.5. The predicted octanol–water partition coefficient (Wildman–Crippen LogP) is 7.16. The number of aromatic nitrogens is 1. The SMILES string of the molecule is COc1ccc([C@H](Cc2c(Cl)c[n+]([O-])cc2Cl)OC(=O)c2ccc(CN(C(=O)O[C@H]3CN4CCC3CC4)c3cccc(F)c3)cc2)cc1OC. The Labute approximate surface area is 299 Å². The molecule has 3 aliphatic heterocycles. The Kier molecular flexibility index (Phi) is 11.0. The summed E-state index contributed by atoms with van der Waals surface area (Å²) in [6.07, 6.45) is 2.70. The standard InChI is InChI=1S/C37H36Cl2FN3O7/c1-47-32-11-10-26(16-34(32)48-2)33(18-29-30(38)20-42(46)21-31(29)39)49-36(44)25-8-6-23(7-9-25)19-43(28-5-3-4-27(40)17-28)37(45)50-35-22-41-14-12-24(35)13-15-41/h3-11,16-17,20-21,24,33,35H,12-15,18-19,22H2,1-2H3/t33-,35-/m0/s1. The molecule has 4 aromatic rings. The molecular formula is C37H36Cl2FN3O7. The highest BCUT2D eigenvalue weighted by molar-refractivity contribution is 6.35. The number of piperidine rings is 3. The minimum Gasteiger partial charge on any atom is -0.619 e. The number of methoxy groups -OCH3 is 2. The number of esters is 1. The summed E-state index contributed by atoms with van der Waals surface area (Å²) in [5.74, 6) is 0.106. The Balaban J connectivity index is 1.22. The van der Waals surface area contributed by atoms with Gasteiger partial charge < -0.3 is 24.2 Å². The fourth-order valence-electron chi connectivity index (χ4n) is 6.46. The van der Waals surface area contributed by atoms with Crippen LogP contribution in [0.1, 0.15) is 46.0 Å². The summed E-state index contributed by atoms with van der Waals surface area (Å²) < 4.78 is 37.6. The highest BCUT2D eigenvalue weighted by atomic mass is 35.5. The van der Waals surface area contributed by atoms with Crippen molar-refractivity contribution in [1.29, 1.82) is 0 Å². The second-order valence-electron chi connectivity index (χ2n) is 12.3. The molecule has 10 nitrogen and oxygen atoms in total. The summed E-state index contributed by atoms with van der Waals surface area (Å²) in [7, 11) is 3.01. The Bertz CT molecular complexity index is 1830. The molecular weight excluding hydrogens is 688 g/mol. The Hall–Kier alpha value is -4.58. The molecule has 0 N–H and O–H groups in total. The highest BCUT2D eigenvalue weighted by Gasteiger charge is 2.37. The smallest absolute Gasteiger partial charge is 0.414 e. The maximum atomic E-state index is 14.3. The van der Waals surface area contributed by atoms with Crippen LogP contribution >= 0.6 is 23.2 Å². The number of ether oxygens (including phenoxy) is 4. The number of pyridine rings is 1. The third kappa shape index (κ3) is 8.07. The molecule has 13 heteroatoms. The van der Waals surface area contributed by atoms with Crippen molar-refractivity contribution in [2.24, 2.45) is 5.92 Å². The third-order valence-corrected chi connectivity index (χ3v) is 9.85. The van der Waals surface area contributed by atoms with E-state index in [1.165, 1.54) is 43.6 Å². The van der Waals surface area contributed by atoms with Crippen LogP contribution in [-0.4, -0.2) is 56.9 Å². The molecule has 3 fully saturated rings. The molecule has 3 aromatic carbocycles. The van der Waals surface area contributed by atoms with Crippen LogP contribution in [0, 0.1) is 16.9 Å². The fourth-order valence-corrected chi connectivity index (χ4v) is 7.06. The Morgan fingerprint density at radius 1 is 0.980 bits per heavy atom. The predicted molar refractivity (Wildman–Crippen MR) is 185 cm³/mol. The van der Waals surface area contributed by atoms with Crippen molar-refractivity contribution in [3.63, 3.8) is 0 Å². The van der Waals surface area contributed by atoms with Crippen molar-refractivity contribution in [1.82, 2.24) is 4.90 Å². The summed E-state index contributed by atoms with van der Waals surface area (Å²) in [6.45, 7) is 2.78. The van der Waals surface area contributed by atoms with Gasteiger partial charge in [0, 0.05) is 18.5 Å². The summed E-state index contributed by atoms with van der Waals surface area (Å²) in [5, 5.41) is 12.1. The maximum Gasteiger partial charge on any atom is 0.414 e. The maximum absolute atomic E-state index is 14.3. The van der Waals surface area contributed by atoms with Crippen molar-refractivity contribution in [2.45, 2.75) is 38.0 Å². The number of hydrogen-bond acceptors (Lipinski definition) is 8. The zero-order chi connectivity index (χ0) is 35.4. The molecule has 0 saturated carbocycles. The van der Waals surface area contributed by atoms with E-state index >= 15 is 0 Å². The van der Waals surface area contributed by atoms with Gasteiger partial charge in [-0.2, -0.15) is 4.73 Å². The highest BCUT2D eigenvalue weighted by Crippen LogP contribution is 2.36. The number of halogens is 3. The molecule has 1 aromatic heterocycles. The molecule has 2 bridgehead atoms. The van der Waals surface area contributed by atoms with Gasteiger partial charge in [-0.15, -0.1) is 0 Å². The van der Waals surface area contributed by atoms with Gasteiger partial charge in [0.15, 0.2) is 23.9 Å². The summed E-state index contributed by atoms with van der Waals surface area (Å²) in [6, 6.07) is 17.5. The van der Waals surface area contributed by atoms with Crippen molar-refractivity contribution < 1.29 is 37.7 Å². The Morgan fingerprint density at radius 2 is 1.68 bits per heavy atom. The number of amides is 1. The third-order valence-electron chi connectivity index (χ3n) is 9.19. The fraction of sp³-hybridized carbons (Fsp3) is 0.324. The number of carbonyl (C=O) groups is 2. The first kappa shape index (κ1) is 35.3. The topological polar surface area (TPSA) is 104 Å². The average molecular weight is 725 g/mol. The van der Waals surface area contributed by atoms with Crippen LogP contribution in [0.3, 0.4) is 0 Å². The van der Waals surface area contributed by atoms with Gasteiger partial charge in [-0.05, 0) is 85.4 Å². The van der Waals surface area contributed by atoms with E-state index in [0.29, 0.717) is 51.1 Å². The number of carbonyl (C=O) groups excluding carboxylic acids is 2. The van der Waals surface area contributed by atoms with Crippen LogP contribution in [0.15, 0.2) is 79.1 Å². The quantitative estimate of drug-likeness (QED) is 0.0913. The molecule has 4 heterocycles. The van der Waals surface area contributed by atoms with Crippen LogP contribution in [0.5, 0.6) is 11.5 Å². The lowest BCUT2D eigenvalue weighted by molar-refractivity contribution is -0.605. The first-order valence-corrected chi connectivity index (χ1v) is 16.9. The number of benzene rings is 3. The number of anilines is 1. The number of fused-ring (bicyclic) bond motifs is 3. The molecule has 0 radical (unpaired) electrons. The minimum absolute atomic E-state index is 0.0577. The summed E-state index contributed by atoms with van der Waals surface area (Å²) in [5.41, 5.74) is 2.28. The summed E-state index contributed by atoms with van der Waals surface area (Å²) in [4.78, 5) is 30.8. The van der Waals surface area contributed by atoms with Crippen molar-refractivity contribution in [2.75, 3.05) is 38.8 Å². The van der Waals surface area contributed by atoms with Crippen LogP contribution in [0.2, 0.25) is 10.0 Å². The van der Waals surface area contributed by atoms with Gasteiger partial charge in [0.25, 0.3) is 0 Å². The van der Waals surface area contributed by atoms with E-state index in [9.17, 15) is 19.2 Å². The van der Waals surface area contributed by atoms with Gasteiger partial charge in [-0.25, -0.2) is 14.0 Å². The van der Waals surface area contributed by atoms with Gasteiger partial charge in [-0.3, -0.25) is 9.80 Å². The van der Waals surface area contributed by atoms with Gasteiger partial charge in [0.1, 0.15) is 28.1 Å². The lowest BCUT2D eigenvalue weighted by Gasteiger charge is -2.44. The molecule has 0 spiro atoms. The molecule has 2 atom stereocenters. The van der Waals surface area contributed by atoms with E-state index in [2.05, 4.69) is 4.90 Å².